The number of aromatic nitrogens is 3. The van der Waals surface area contributed by atoms with Crippen LogP contribution >= 0.6 is 0 Å². The molecule has 112 valence electrons. The van der Waals surface area contributed by atoms with Crippen molar-refractivity contribution >= 4 is 5.91 Å². The summed E-state index contributed by atoms with van der Waals surface area (Å²) in [7, 11) is 0. The van der Waals surface area contributed by atoms with Gasteiger partial charge < -0.3 is 15.6 Å². The summed E-state index contributed by atoms with van der Waals surface area (Å²) >= 11 is 0. The fourth-order valence-corrected chi connectivity index (χ4v) is 2.38. The van der Waals surface area contributed by atoms with Crippen LogP contribution in [0.4, 0.5) is 0 Å². The van der Waals surface area contributed by atoms with Gasteiger partial charge >= 0.3 is 0 Å². The Morgan fingerprint density at radius 1 is 1.40 bits per heavy atom. The lowest BCUT2D eigenvalue weighted by molar-refractivity contribution is -0.129. The Kier molecular flexibility index (Phi) is 4.42. The van der Waals surface area contributed by atoms with Crippen molar-refractivity contribution in [2.45, 2.75) is 59.0 Å². The molecule has 2 rings (SSSR count). The number of carbonyl (C=O) groups is 1. The highest BCUT2D eigenvalue weighted by Gasteiger charge is 2.28. The zero-order valence-electron chi connectivity index (χ0n) is 12.6. The van der Waals surface area contributed by atoms with Crippen LogP contribution in [0.5, 0.6) is 0 Å². The van der Waals surface area contributed by atoms with Crippen molar-refractivity contribution in [2.75, 3.05) is 6.54 Å². The van der Waals surface area contributed by atoms with Crippen LogP contribution in [0.2, 0.25) is 0 Å². The van der Waals surface area contributed by atoms with E-state index in [9.17, 15) is 4.79 Å². The first-order valence-corrected chi connectivity index (χ1v) is 7.38. The van der Waals surface area contributed by atoms with Crippen LogP contribution in [0.1, 0.15) is 57.7 Å². The van der Waals surface area contributed by atoms with E-state index in [0.29, 0.717) is 6.54 Å². The summed E-state index contributed by atoms with van der Waals surface area (Å²) in [6.07, 6.45) is 4.51. The highest BCUT2D eigenvalue weighted by atomic mass is 16.2. The van der Waals surface area contributed by atoms with Crippen molar-refractivity contribution in [1.82, 2.24) is 20.1 Å². The molecule has 1 aliphatic rings. The van der Waals surface area contributed by atoms with E-state index in [0.717, 1.165) is 31.0 Å². The summed E-state index contributed by atoms with van der Waals surface area (Å²) in [4.78, 5) is 12.2. The molecule has 0 aliphatic carbocycles. The SMILES string of the molecule is CC(NC(=O)C(C)(C)CN)c1nnc2n1CCCCC2. The van der Waals surface area contributed by atoms with E-state index in [1.54, 1.807) is 0 Å². The number of nitrogens with one attached hydrogen (secondary N) is 1. The first-order chi connectivity index (χ1) is 9.45. The topological polar surface area (TPSA) is 85.8 Å². The van der Waals surface area contributed by atoms with Gasteiger partial charge in [0, 0.05) is 19.5 Å². The van der Waals surface area contributed by atoms with E-state index in [1.165, 1.54) is 12.8 Å². The number of hydrogen-bond acceptors (Lipinski definition) is 4. The average Bonchev–Trinajstić information content (AvgIpc) is 2.68. The van der Waals surface area contributed by atoms with Crippen LogP contribution in [-0.2, 0) is 17.8 Å². The number of amides is 1. The second kappa shape index (κ2) is 5.91. The molecule has 1 aromatic heterocycles. The number of fused-ring (bicyclic) bond motifs is 1. The van der Waals surface area contributed by atoms with Crippen LogP contribution in [0.3, 0.4) is 0 Å². The number of rotatable bonds is 4. The van der Waals surface area contributed by atoms with Crippen molar-refractivity contribution in [3.8, 4) is 0 Å². The molecule has 3 N–H and O–H groups in total. The van der Waals surface area contributed by atoms with Gasteiger partial charge in [0.15, 0.2) is 5.82 Å². The lowest BCUT2D eigenvalue weighted by Crippen LogP contribution is -2.43. The van der Waals surface area contributed by atoms with Gasteiger partial charge in [-0.1, -0.05) is 6.42 Å². The second-order valence-electron chi connectivity index (χ2n) is 6.22. The van der Waals surface area contributed by atoms with Crippen molar-refractivity contribution < 1.29 is 4.79 Å². The van der Waals surface area contributed by atoms with Gasteiger partial charge in [0.25, 0.3) is 0 Å². The van der Waals surface area contributed by atoms with E-state index in [2.05, 4.69) is 20.1 Å². The van der Waals surface area contributed by atoms with Crippen LogP contribution in [-0.4, -0.2) is 27.2 Å². The lowest BCUT2D eigenvalue weighted by atomic mass is 9.92. The molecule has 20 heavy (non-hydrogen) atoms. The molecule has 1 atom stereocenters. The number of hydrogen-bond donors (Lipinski definition) is 2. The van der Waals surface area contributed by atoms with Gasteiger partial charge in [-0.25, -0.2) is 0 Å². The molecular formula is C14H25N5O. The first-order valence-electron chi connectivity index (χ1n) is 7.38. The molecule has 0 saturated carbocycles. The van der Waals surface area contributed by atoms with Gasteiger partial charge in [-0.05, 0) is 33.6 Å². The zero-order chi connectivity index (χ0) is 14.8. The second-order valence-corrected chi connectivity index (χ2v) is 6.22. The Bertz CT molecular complexity index is 480. The largest absolute Gasteiger partial charge is 0.346 e. The van der Waals surface area contributed by atoms with Crippen LogP contribution in [0.15, 0.2) is 0 Å². The predicted molar refractivity (Wildman–Crippen MR) is 77.0 cm³/mol. The Morgan fingerprint density at radius 3 is 2.85 bits per heavy atom. The van der Waals surface area contributed by atoms with Gasteiger partial charge in [-0.15, -0.1) is 10.2 Å². The van der Waals surface area contributed by atoms with Gasteiger partial charge in [0.05, 0.1) is 11.5 Å². The monoisotopic (exact) mass is 279 g/mol. The van der Waals surface area contributed by atoms with Gasteiger partial charge in [-0.3, -0.25) is 4.79 Å². The highest BCUT2D eigenvalue weighted by molar-refractivity contribution is 5.82. The smallest absolute Gasteiger partial charge is 0.227 e. The van der Waals surface area contributed by atoms with Gasteiger partial charge in [0.1, 0.15) is 5.82 Å². The summed E-state index contributed by atoms with van der Waals surface area (Å²) in [5, 5.41) is 11.5. The molecule has 1 unspecified atom stereocenters. The zero-order valence-corrected chi connectivity index (χ0v) is 12.6. The van der Waals surface area contributed by atoms with Crippen LogP contribution in [0, 0.1) is 5.41 Å². The molecule has 0 saturated heterocycles. The van der Waals surface area contributed by atoms with E-state index >= 15 is 0 Å². The average molecular weight is 279 g/mol. The maximum Gasteiger partial charge on any atom is 0.227 e. The third-order valence-electron chi connectivity index (χ3n) is 4.00. The van der Waals surface area contributed by atoms with Crippen LogP contribution < -0.4 is 11.1 Å². The van der Waals surface area contributed by atoms with Crippen molar-refractivity contribution in [1.29, 1.82) is 0 Å². The third kappa shape index (κ3) is 3.00. The molecule has 1 aliphatic heterocycles. The molecule has 0 spiro atoms. The Morgan fingerprint density at radius 2 is 2.15 bits per heavy atom. The number of nitrogens with zero attached hydrogens (tertiary/aromatic N) is 3. The summed E-state index contributed by atoms with van der Waals surface area (Å²) in [5.74, 6) is 1.85. The Balaban J connectivity index is 2.12. The first kappa shape index (κ1) is 15.0. The maximum absolute atomic E-state index is 12.2. The number of carbonyl (C=O) groups excluding carboxylic acids is 1. The molecule has 1 aromatic rings. The Hall–Kier alpha value is -1.43. The molecule has 0 bridgehead atoms. The molecule has 6 heteroatoms. The molecule has 2 heterocycles. The minimum Gasteiger partial charge on any atom is -0.346 e. The normalized spacial score (nSPS) is 17.2. The summed E-state index contributed by atoms with van der Waals surface area (Å²) < 4.78 is 2.16. The minimum absolute atomic E-state index is 0.0431. The van der Waals surface area contributed by atoms with E-state index in [4.69, 9.17) is 5.73 Å². The summed E-state index contributed by atoms with van der Waals surface area (Å²) in [5.41, 5.74) is 5.08. The maximum atomic E-state index is 12.2. The molecule has 6 nitrogen and oxygen atoms in total. The van der Waals surface area contributed by atoms with E-state index in [-0.39, 0.29) is 11.9 Å². The quantitative estimate of drug-likeness (QED) is 0.866. The van der Waals surface area contributed by atoms with Crippen LogP contribution in [0.25, 0.3) is 0 Å². The van der Waals surface area contributed by atoms with Gasteiger partial charge in [-0.2, -0.15) is 0 Å². The molecular weight excluding hydrogens is 254 g/mol. The standard InChI is InChI=1S/C14H25N5O/c1-10(16-13(20)14(2,3)9-15)12-18-17-11-7-5-4-6-8-19(11)12/h10H,4-9,15H2,1-3H3,(H,16,20). The fraction of sp³-hybridized carbons (Fsp3) is 0.786. The summed E-state index contributed by atoms with van der Waals surface area (Å²) in [6.45, 7) is 6.91. The molecule has 0 radical (unpaired) electrons. The molecule has 1 amide bonds. The van der Waals surface area contributed by atoms with Crippen molar-refractivity contribution in [2.24, 2.45) is 11.1 Å². The van der Waals surface area contributed by atoms with Gasteiger partial charge in [0.2, 0.25) is 5.91 Å². The van der Waals surface area contributed by atoms with E-state index in [1.807, 2.05) is 20.8 Å². The highest BCUT2D eigenvalue weighted by Crippen LogP contribution is 2.20. The molecule has 0 fully saturated rings. The molecule has 0 aromatic carbocycles. The third-order valence-corrected chi connectivity index (χ3v) is 4.00. The van der Waals surface area contributed by atoms with Crippen molar-refractivity contribution in [3.63, 3.8) is 0 Å². The van der Waals surface area contributed by atoms with E-state index < -0.39 is 5.41 Å². The summed E-state index contributed by atoms with van der Waals surface area (Å²) in [6, 6.07) is -0.146. The Labute approximate surface area is 120 Å². The minimum atomic E-state index is -0.560. The fourth-order valence-electron chi connectivity index (χ4n) is 2.38. The van der Waals surface area contributed by atoms with Crippen molar-refractivity contribution in [3.05, 3.63) is 11.6 Å². The predicted octanol–water partition coefficient (Wildman–Crippen LogP) is 1.17. The number of nitrogens with two attached hydrogens (primary N) is 1. The number of aryl methyl sites for hydroxylation is 1. The lowest BCUT2D eigenvalue weighted by Gasteiger charge is -2.24.